The normalized spacial score (nSPS) is 21.5. The Morgan fingerprint density at radius 3 is 2.34 bits per heavy atom. The highest BCUT2D eigenvalue weighted by Gasteiger charge is 2.51. The van der Waals surface area contributed by atoms with E-state index in [4.69, 9.17) is 14.2 Å². The summed E-state index contributed by atoms with van der Waals surface area (Å²) < 4.78 is 16.5. The minimum absolute atomic E-state index is 0.00617. The number of nitrogens with zero attached hydrogens (tertiary/aromatic N) is 3. The standard InChI is InChI=1S/C25H31N3O4/c1-24(16-31-17-24)18-32-21-9-6-19(7-10-21)28-23(29)27(15-25(28)12-4-3-5-13-25)20-8-11-22(30-2)26-14-20/h6-11,14H,3-5,12-13,15-18H2,1-2H3. The average molecular weight is 438 g/mol. The zero-order chi connectivity index (χ0) is 22.2. The van der Waals surface area contributed by atoms with E-state index in [0.29, 0.717) is 19.0 Å². The van der Waals surface area contributed by atoms with Crippen molar-refractivity contribution in [2.75, 3.05) is 43.3 Å². The van der Waals surface area contributed by atoms with Gasteiger partial charge in [0.25, 0.3) is 0 Å². The van der Waals surface area contributed by atoms with Crippen LogP contribution in [0.2, 0.25) is 0 Å². The van der Waals surface area contributed by atoms with Crippen LogP contribution in [0.3, 0.4) is 0 Å². The first-order valence-corrected chi connectivity index (χ1v) is 11.4. The number of pyridine rings is 1. The first-order chi connectivity index (χ1) is 15.5. The van der Waals surface area contributed by atoms with Gasteiger partial charge in [0.15, 0.2) is 0 Å². The second-order valence-corrected chi connectivity index (χ2v) is 9.63. The molecule has 3 aliphatic rings. The Morgan fingerprint density at radius 1 is 1.03 bits per heavy atom. The van der Waals surface area contributed by atoms with Crippen molar-refractivity contribution in [3.63, 3.8) is 0 Å². The number of urea groups is 1. The molecule has 2 aromatic rings. The third-order valence-electron chi connectivity index (χ3n) is 6.96. The molecule has 32 heavy (non-hydrogen) atoms. The highest BCUT2D eigenvalue weighted by molar-refractivity contribution is 6.07. The Bertz CT molecular complexity index is 950. The van der Waals surface area contributed by atoms with E-state index >= 15 is 0 Å². The van der Waals surface area contributed by atoms with E-state index in [1.165, 1.54) is 6.42 Å². The predicted octanol–water partition coefficient (Wildman–Crippen LogP) is 4.66. The molecule has 1 aromatic carbocycles. The van der Waals surface area contributed by atoms with Crippen molar-refractivity contribution in [1.29, 1.82) is 0 Å². The lowest BCUT2D eigenvalue weighted by Crippen LogP contribution is -2.48. The summed E-state index contributed by atoms with van der Waals surface area (Å²) in [5.74, 6) is 1.37. The van der Waals surface area contributed by atoms with Gasteiger partial charge >= 0.3 is 6.03 Å². The first kappa shape index (κ1) is 21.1. The third kappa shape index (κ3) is 3.79. The maximum atomic E-state index is 13.7. The molecular weight excluding hydrogens is 406 g/mol. The smallest absolute Gasteiger partial charge is 0.329 e. The summed E-state index contributed by atoms with van der Waals surface area (Å²) in [4.78, 5) is 21.9. The van der Waals surface area contributed by atoms with Gasteiger partial charge in [-0.05, 0) is 43.2 Å². The topological polar surface area (TPSA) is 64.1 Å². The number of benzene rings is 1. The quantitative estimate of drug-likeness (QED) is 0.658. The van der Waals surface area contributed by atoms with Gasteiger partial charge in [0.2, 0.25) is 5.88 Å². The van der Waals surface area contributed by atoms with Gasteiger partial charge in [0.05, 0.1) is 50.9 Å². The monoisotopic (exact) mass is 437 g/mol. The molecule has 0 radical (unpaired) electrons. The summed E-state index contributed by atoms with van der Waals surface area (Å²) in [6.45, 7) is 4.97. The third-order valence-corrected chi connectivity index (χ3v) is 6.96. The van der Waals surface area contributed by atoms with Crippen LogP contribution in [0.4, 0.5) is 16.2 Å². The van der Waals surface area contributed by atoms with E-state index in [0.717, 1.165) is 56.0 Å². The van der Waals surface area contributed by atoms with Crippen LogP contribution in [-0.2, 0) is 4.74 Å². The summed E-state index contributed by atoms with van der Waals surface area (Å²) >= 11 is 0. The Kier molecular flexibility index (Phi) is 5.45. The summed E-state index contributed by atoms with van der Waals surface area (Å²) in [5.41, 5.74) is 1.64. The van der Waals surface area contributed by atoms with Gasteiger partial charge in [-0.15, -0.1) is 0 Å². The van der Waals surface area contributed by atoms with Gasteiger partial charge in [0.1, 0.15) is 5.75 Å². The Morgan fingerprint density at radius 2 is 1.75 bits per heavy atom. The average Bonchev–Trinajstić information content (AvgIpc) is 3.08. The van der Waals surface area contributed by atoms with Crippen LogP contribution in [0, 0.1) is 5.41 Å². The van der Waals surface area contributed by atoms with Gasteiger partial charge in [0, 0.05) is 17.2 Å². The number of aromatic nitrogens is 1. The van der Waals surface area contributed by atoms with Crippen LogP contribution < -0.4 is 19.3 Å². The molecule has 7 nitrogen and oxygen atoms in total. The zero-order valence-corrected chi connectivity index (χ0v) is 18.9. The molecule has 170 valence electrons. The van der Waals surface area contributed by atoms with Gasteiger partial charge in [-0.3, -0.25) is 9.80 Å². The summed E-state index contributed by atoms with van der Waals surface area (Å²) in [5, 5.41) is 0. The number of hydrogen-bond donors (Lipinski definition) is 0. The highest BCUT2D eigenvalue weighted by Crippen LogP contribution is 2.44. The minimum Gasteiger partial charge on any atom is -0.493 e. The van der Waals surface area contributed by atoms with Crippen molar-refractivity contribution >= 4 is 17.4 Å². The number of ether oxygens (including phenoxy) is 3. The lowest BCUT2D eigenvalue weighted by molar-refractivity contribution is -0.120. The highest BCUT2D eigenvalue weighted by atomic mass is 16.5. The van der Waals surface area contributed by atoms with E-state index in [-0.39, 0.29) is 17.0 Å². The molecule has 2 saturated heterocycles. The molecule has 0 bridgehead atoms. The molecule has 1 aromatic heterocycles. The van der Waals surface area contributed by atoms with Crippen molar-refractivity contribution < 1.29 is 19.0 Å². The second-order valence-electron chi connectivity index (χ2n) is 9.63. The SMILES string of the molecule is COc1ccc(N2CC3(CCCCC3)N(c3ccc(OCC4(C)COC4)cc3)C2=O)cn1. The molecule has 5 rings (SSSR count). The van der Waals surface area contributed by atoms with Gasteiger partial charge in [-0.2, -0.15) is 0 Å². The minimum atomic E-state index is -0.186. The predicted molar refractivity (Wildman–Crippen MR) is 123 cm³/mol. The summed E-state index contributed by atoms with van der Waals surface area (Å²) in [7, 11) is 1.59. The number of methoxy groups -OCH3 is 1. The summed E-state index contributed by atoms with van der Waals surface area (Å²) in [6.07, 6.45) is 7.24. The Hall–Kier alpha value is -2.80. The largest absolute Gasteiger partial charge is 0.493 e. The van der Waals surface area contributed by atoms with E-state index in [1.54, 1.807) is 19.4 Å². The Labute approximate surface area is 189 Å². The molecule has 1 saturated carbocycles. The Balaban J connectivity index is 1.39. The lowest BCUT2D eigenvalue weighted by Gasteiger charge is -2.40. The van der Waals surface area contributed by atoms with Crippen molar-refractivity contribution in [2.24, 2.45) is 5.41 Å². The van der Waals surface area contributed by atoms with Crippen molar-refractivity contribution in [3.05, 3.63) is 42.6 Å². The first-order valence-electron chi connectivity index (χ1n) is 11.4. The van der Waals surface area contributed by atoms with Crippen molar-refractivity contribution in [3.8, 4) is 11.6 Å². The molecule has 1 spiro atoms. The van der Waals surface area contributed by atoms with Crippen LogP contribution in [-0.4, -0.2) is 50.0 Å². The van der Waals surface area contributed by atoms with Gasteiger partial charge < -0.3 is 14.2 Å². The molecule has 3 heterocycles. The number of anilines is 2. The van der Waals surface area contributed by atoms with E-state index in [1.807, 2.05) is 40.1 Å². The fraction of sp³-hybridized carbons (Fsp3) is 0.520. The van der Waals surface area contributed by atoms with Crippen LogP contribution in [0.5, 0.6) is 11.6 Å². The van der Waals surface area contributed by atoms with Gasteiger partial charge in [-0.1, -0.05) is 26.2 Å². The molecule has 2 aliphatic heterocycles. The zero-order valence-electron chi connectivity index (χ0n) is 18.9. The van der Waals surface area contributed by atoms with Crippen molar-refractivity contribution in [1.82, 2.24) is 4.98 Å². The molecule has 2 amide bonds. The molecule has 0 atom stereocenters. The van der Waals surface area contributed by atoms with Crippen LogP contribution >= 0.6 is 0 Å². The van der Waals surface area contributed by atoms with Gasteiger partial charge in [-0.25, -0.2) is 9.78 Å². The maximum absolute atomic E-state index is 13.7. The molecule has 0 N–H and O–H groups in total. The van der Waals surface area contributed by atoms with Crippen LogP contribution in [0.25, 0.3) is 0 Å². The van der Waals surface area contributed by atoms with Crippen molar-refractivity contribution in [2.45, 2.75) is 44.6 Å². The van der Waals surface area contributed by atoms with Crippen LogP contribution in [0.1, 0.15) is 39.0 Å². The van der Waals surface area contributed by atoms with E-state index in [9.17, 15) is 4.79 Å². The fourth-order valence-electron chi connectivity index (χ4n) is 5.07. The molecule has 3 fully saturated rings. The molecule has 1 aliphatic carbocycles. The van der Waals surface area contributed by atoms with E-state index in [2.05, 4.69) is 11.9 Å². The number of hydrogen-bond acceptors (Lipinski definition) is 5. The van der Waals surface area contributed by atoms with E-state index < -0.39 is 0 Å². The second kappa shape index (κ2) is 8.28. The fourth-order valence-corrected chi connectivity index (χ4v) is 5.07. The molecular formula is C25H31N3O4. The maximum Gasteiger partial charge on any atom is 0.329 e. The van der Waals surface area contributed by atoms with Crippen LogP contribution in [0.15, 0.2) is 42.6 Å². The number of amides is 2. The summed E-state index contributed by atoms with van der Waals surface area (Å²) in [6, 6.07) is 11.7. The number of carbonyl (C=O) groups excluding carboxylic acids is 1. The molecule has 7 heteroatoms. The number of rotatable bonds is 6. The molecule has 0 unspecified atom stereocenters. The lowest BCUT2D eigenvalue weighted by atomic mass is 9.81. The number of carbonyl (C=O) groups is 1.